The number of hydrogen-bond acceptors (Lipinski definition) is 2. The summed E-state index contributed by atoms with van der Waals surface area (Å²) < 4.78 is 4.79. The molecule has 0 atom stereocenters. The molecule has 0 unspecified atom stereocenters. The Morgan fingerprint density at radius 3 is 2.48 bits per heavy atom. The number of ether oxygens (including phenoxy) is 1. The van der Waals surface area contributed by atoms with Gasteiger partial charge in [0, 0.05) is 16.6 Å². The fraction of sp³-hybridized carbons (Fsp3) is 0.500. The van der Waals surface area contributed by atoms with E-state index in [1.54, 1.807) is 0 Å². The molecule has 0 fully saturated rings. The third-order valence-corrected chi connectivity index (χ3v) is 4.14. The molecule has 0 amide bonds. The highest BCUT2D eigenvalue weighted by atomic mass is 16.5. The first-order valence-electron chi connectivity index (χ1n) is 7.82. The average Bonchev–Trinajstić information content (AvgIpc) is 2.81. The first-order chi connectivity index (χ1) is 10.1. The molecule has 114 valence electrons. The Hall–Kier alpha value is -1.77. The van der Waals surface area contributed by atoms with E-state index in [4.69, 9.17) is 4.74 Å². The summed E-state index contributed by atoms with van der Waals surface area (Å²) in [5.74, 6) is 0.307. The molecular weight excluding hydrogens is 262 g/mol. The molecular formula is C18H25NO2. The van der Waals surface area contributed by atoms with E-state index in [0.29, 0.717) is 11.5 Å². The molecule has 1 aromatic carbocycles. The van der Waals surface area contributed by atoms with Crippen LogP contribution in [0, 0.1) is 6.92 Å². The Bertz CT molecular complexity index is 621. The highest BCUT2D eigenvalue weighted by Gasteiger charge is 2.18. The maximum atomic E-state index is 11.7. The van der Waals surface area contributed by atoms with Crippen LogP contribution in [0.4, 0.5) is 0 Å². The number of esters is 1. The van der Waals surface area contributed by atoms with Crippen molar-refractivity contribution < 1.29 is 9.53 Å². The van der Waals surface area contributed by atoms with Gasteiger partial charge in [-0.25, -0.2) is 4.79 Å². The predicted molar refractivity (Wildman–Crippen MR) is 86.9 cm³/mol. The Labute approximate surface area is 126 Å². The first kappa shape index (κ1) is 15.6. The summed E-state index contributed by atoms with van der Waals surface area (Å²) in [4.78, 5) is 15.1. The van der Waals surface area contributed by atoms with E-state index in [1.165, 1.54) is 49.4 Å². The average molecular weight is 287 g/mol. The second-order valence-corrected chi connectivity index (χ2v) is 5.69. The van der Waals surface area contributed by atoms with Crippen molar-refractivity contribution in [3.8, 4) is 0 Å². The summed E-state index contributed by atoms with van der Waals surface area (Å²) in [5.41, 5.74) is 4.27. The molecule has 2 aromatic rings. The lowest BCUT2D eigenvalue weighted by molar-refractivity contribution is 0.0601. The number of H-pyrrole nitrogens is 1. The third-order valence-electron chi connectivity index (χ3n) is 4.14. The van der Waals surface area contributed by atoms with Gasteiger partial charge in [-0.1, -0.05) is 32.8 Å². The number of benzene rings is 1. The Balaban J connectivity index is 2.49. The minimum Gasteiger partial charge on any atom is -0.465 e. The summed E-state index contributed by atoms with van der Waals surface area (Å²) in [5, 5.41) is 1.24. The van der Waals surface area contributed by atoms with Crippen molar-refractivity contribution in [1.82, 2.24) is 4.98 Å². The standard InChI is InChI=1S/C18H25NO2/c1-5-7-13(8-6-2)17-12(3)19-16-11-14(18(20)21-4)9-10-15(16)17/h9-11,13,19H,5-8H2,1-4H3. The molecule has 3 heteroatoms. The number of hydrogen-bond donors (Lipinski definition) is 1. The lowest BCUT2D eigenvalue weighted by atomic mass is 9.88. The van der Waals surface area contributed by atoms with Gasteiger partial charge >= 0.3 is 5.97 Å². The molecule has 0 saturated heterocycles. The lowest BCUT2D eigenvalue weighted by Gasteiger charge is -2.16. The molecule has 0 saturated carbocycles. The van der Waals surface area contributed by atoms with Gasteiger partial charge in [0.25, 0.3) is 0 Å². The number of aryl methyl sites for hydroxylation is 1. The normalized spacial score (nSPS) is 11.3. The zero-order valence-electron chi connectivity index (χ0n) is 13.5. The van der Waals surface area contributed by atoms with Crippen LogP contribution in [0.25, 0.3) is 10.9 Å². The zero-order chi connectivity index (χ0) is 15.4. The number of aromatic amines is 1. The molecule has 3 nitrogen and oxygen atoms in total. The quantitative estimate of drug-likeness (QED) is 0.764. The topological polar surface area (TPSA) is 42.1 Å². The number of fused-ring (bicyclic) bond motifs is 1. The van der Waals surface area contributed by atoms with Crippen molar-refractivity contribution in [2.45, 2.75) is 52.4 Å². The van der Waals surface area contributed by atoms with Crippen molar-refractivity contribution in [3.05, 3.63) is 35.0 Å². The van der Waals surface area contributed by atoms with E-state index in [-0.39, 0.29) is 5.97 Å². The number of carbonyl (C=O) groups excluding carboxylic acids is 1. The van der Waals surface area contributed by atoms with Crippen molar-refractivity contribution in [2.24, 2.45) is 0 Å². The lowest BCUT2D eigenvalue weighted by Crippen LogP contribution is -2.01. The van der Waals surface area contributed by atoms with Gasteiger partial charge in [-0.05, 0) is 43.4 Å². The van der Waals surface area contributed by atoms with Gasteiger partial charge in [0.05, 0.1) is 12.7 Å². The zero-order valence-corrected chi connectivity index (χ0v) is 13.5. The van der Waals surface area contributed by atoms with Crippen LogP contribution in [0.5, 0.6) is 0 Å². The van der Waals surface area contributed by atoms with Crippen LogP contribution in [-0.4, -0.2) is 18.1 Å². The minimum atomic E-state index is -0.288. The van der Waals surface area contributed by atoms with E-state index in [2.05, 4.69) is 31.8 Å². The van der Waals surface area contributed by atoms with Crippen LogP contribution in [0.1, 0.15) is 67.1 Å². The fourth-order valence-electron chi connectivity index (χ4n) is 3.25. The summed E-state index contributed by atoms with van der Waals surface area (Å²) in [6.45, 7) is 6.61. The molecule has 1 aromatic heterocycles. The van der Waals surface area contributed by atoms with Gasteiger partial charge in [0.15, 0.2) is 0 Å². The minimum absolute atomic E-state index is 0.288. The summed E-state index contributed by atoms with van der Waals surface area (Å²) >= 11 is 0. The van der Waals surface area contributed by atoms with E-state index >= 15 is 0 Å². The Morgan fingerprint density at radius 2 is 1.90 bits per heavy atom. The number of rotatable bonds is 6. The van der Waals surface area contributed by atoms with Crippen LogP contribution in [0.2, 0.25) is 0 Å². The number of nitrogens with one attached hydrogen (secondary N) is 1. The molecule has 0 aliphatic heterocycles. The smallest absolute Gasteiger partial charge is 0.337 e. The van der Waals surface area contributed by atoms with Gasteiger partial charge in [-0.15, -0.1) is 0 Å². The van der Waals surface area contributed by atoms with Gasteiger partial charge in [0.1, 0.15) is 0 Å². The van der Waals surface area contributed by atoms with E-state index in [9.17, 15) is 4.79 Å². The second-order valence-electron chi connectivity index (χ2n) is 5.69. The fourth-order valence-corrected chi connectivity index (χ4v) is 3.25. The third kappa shape index (κ3) is 3.12. The monoisotopic (exact) mass is 287 g/mol. The summed E-state index contributed by atoms with van der Waals surface area (Å²) in [6.07, 6.45) is 4.80. The molecule has 21 heavy (non-hydrogen) atoms. The maximum absolute atomic E-state index is 11.7. The molecule has 1 N–H and O–H groups in total. The Kier molecular flexibility index (Phi) is 5.05. The van der Waals surface area contributed by atoms with Crippen molar-refractivity contribution in [3.63, 3.8) is 0 Å². The maximum Gasteiger partial charge on any atom is 0.337 e. The van der Waals surface area contributed by atoms with Gasteiger partial charge in [0.2, 0.25) is 0 Å². The van der Waals surface area contributed by atoms with Crippen LogP contribution in [0.15, 0.2) is 18.2 Å². The largest absolute Gasteiger partial charge is 0.465 e. The highest BCUT2D eigenvalue weighted by molar-refractivity contribution is 5.95. The SMILES string of the molecule is CCCC(CCC)c1c(C)[nH]c2cc(C(=O)OC)ccc12. The van der Waals surface area contributed by atoms with Crippen molar-refractivity contribution in [1.29, 1.82) is 0 Å². The van der Waals surface area contributed by atoms with Crippen molar-refractivity contribution >= 4 is 16.9 Å². The number of aromatic nitrogens is 1. The first-order valence-corrected chi connectivity index (χ1v) is 7.82. The Morgan fingerprint density at radius 1 is 1.24 bits per heavy atom. The van der Waals surface area contributed by atoms with E-state index in [1.807, 2.05) is 12.1 Å². The number of carbonyl (C=O) groups is 1. The highest BCUT2D eigenvalue weighted by Crippen LogP contribution is 2.35. The van der Waals surface area contributed by atoms with Gasteiger partial charge in [-0.2, -0.15) is 0 Å². The van der Waals surface area contributed by atoms with Crippen LogP contribution in [-0.2, 0) is 4.74 Å². The molecule has 0 aliphatic rings. The van der Waals surface area contributed by atoms with Crippen molar-refractivity contribution in [2.75, 3.05) is 7.11 Å². The van der Waals surface area contributed by atoms with Gasteiger partial charge < -0.3 is 9.72 Å². The van der Waals surface area contributed by atoms with Gasteiger partial charge in [-0.3, -0.25) is 0 Å². The molecule has 2 rings (SSSR count). The van der Waals surface area contributed by atoms with Crippen LogP contribution < -0.4 is 0 Å². The number of methoxy groups -OCH3 is 1. The molecule has 0 aliphatic carbocycles. The second kappa shape index (κ2) is 6.79. The van der Waals surface area contributed by atoms with E-state index in [0.717, 1.165) is 5.52 Å². The predicted octanol–water partition coefficient (Wildman–Crippen LogP) is 4.95. The molecule has 0 spiro atoms. The summed E-state index contributed by atoms with van der Waals surface area (Å²) in [6, 6.07) is 5.81. The van der Waals surface area contributed by atoms with Crippen LogP contribution >= 0.6 is 0 Å². The molecule has 0 bridgehead atoms. The van der Waals surface area contributed by atoms with Crippen LogP contribution in [0.3, 0.4) is 0 Å². The summed E-state index contributed by atoms with van der Waals surface area (Å²) in [7, 11) is 1.41. The molecule has 1 heterocycles. The molecule has 0 radical (unpaired) electrons. The van der Waals surface area contributed by atoms with E-state index < -0.39 is 0 Å².